The fourth-order valence-electron chi connectivity index (χ4n) is 2.88. The van der Waals surface area contributed by atoms with Crippen LogP contribution in [0.4, 0.5) is 26.3 Å². The van der Waals surface area contributed by atoms with E-state index in [-0.39, 0.29) is 12.7 Å². The Balaban J connectivity index is 1.63. The monoisotopic (exact) mass is 495 g/mol. The number of benzene rings is 1. The molecular formula is C18H19F6N7O3. The average molecular weight is 495 g/mol. The van der Waals surface area contributed by atoms with E-state index in [0.717, 1.165) is 23.3 Å². The SMILES string of the molecule is O=C(/C=C\n1cnc(-c2cc(C(F)(F)F)cc(C(F)(F)F)c2)n1)NN[NH+]([O-])CN1CCOCC1. The van der Waals surface area contributed by atoms with Gasteiger partial charge in [0.15, 0.2) is 12.5 Å². The Morgan fingerprint density at radius 2 is 1.74 bits per heavy atom. The van der Waals surface area contributed by atoms with Crippen molar-refractivity contribution in [1.82, 2.24) is 30.6 Å². The summed E-state index contributed by atoms with van der Waals surface area (Å²) in [7, 11) is 0. The topological polar surface area (TPSA) is 112 Å². The van der Waals surface area contributed by atoms with Crippen molar-refractivity contribution in [3.63, 3.8) is 0 Å². The number of quaternary nitrogens is 1. The van der Waals surface area contributed by atoms with Gasteiger partial charge in [-0.25, -0.2) is 15.1 Å². The molecule has 3 rings (SSSR count). The smallest absolute Gasteiger partial charge is 0.416 e. The highest BCUT2D eigenvalue weighted by molar-refractivity contribution is 5.89. The number of rotatable bonds is 7. The fraction of sp³-hybridized carbons (Fsp3) is 0.389. The van der Waals surface area contributed by atoms with E-state index in [1.807, 2.05) is 4.90 Å². The van der Waals surface area contributed by atoms with Crippen LogP contribution in [0.15, 0.2) is 30.6 Å². The molecule has 1 unspecified atom stereocenters. The number of nitrogens with one attached hydrogen (secondary N) is 3. The van der Waals surface area contributed by atoms with Gasteiger partial charge in [0.05, 0.1) is 24.3 Å². The van der Waals surface area contributed by atoms with Crippen LogP contribution in [0.2, 0.25) is 0 Å². The summed E-state index contributed by atoms with van der Waals surface area (Å²) in [4.78, 5) is 17.4. The van der Waals surface area contributed by atoms with Crippen molar-refractivity contribution in [2.75, 3.05) is 33.0 Å². The summed E-state index contributed by atoms with van der Waals surface area (Å²) in [6, 6.07) is 0.989. The molecule has 1 fully saturated rings. The Hall–Kier alpha value is -3.05. The lowest BCUT2D eigenvalue weighted by Gasteiger charge is -2.31. The van der Waals surface area contributed by atoms with E-state index in [4.69, 9.17) is 4.74 Å². The number of morpholine rings is 1. The van der Waals surface area contributed by atoms with E-state index in [9.17, 15) is 36.3 Å². The summed E-state index contributed by atoms with van der Waals surface area (Å²) in [5.41, 5.74) is 0.829. The van der Waals surface area contributed by atoms with Crippen LogP contribution >= 0.6 is 0 Å². The zero-order chi connectivity index (χ0) is 24.9. The van der Waals surface area contributed by atoms with Gasteiger partial charge in [-0.15, -0.1) is 5.10 Å². The van der Waals surface area contributed by atoms with Gasteiger partial charge in [-0.3, -0.25) is 14.9 Å². The number of amides is 1. The number of hydroxylamine groups is 1. The number of halogens is 6. The second-order valence-corrected chi connectivity index (χ2v) is 7.08. The van der Waals surface area contributed by atoms with Crippen LogP contribution in [-0.4, -0.2) is 58.5 Å². The van der Waals surface area contributed by atoms with Crippen LogP contribution in [0.1, 0.15) is 11.1 Å². The van der Waals surface area contributed by atoms with Gasteiger partial charge in [-0.05, 0) is 18.2 Å². The van der Waals surface area contributed by atoms with Gasteiger partial charge < -0.3 is 9.94 Å². The summed E-state index contributed by atoms with van der Waals surface area (Å²) in [6.07, 6.45) is -7.05. The maximum atomic E-state index is 13.0. The number of carbonyl (C=O) groups is 1. The number of carbonyl (C=O) groups excluding carboxylic acids is 1. The van der Waals surface area contributed by atoms with Crippen molar-refractivity contribution < 1.29 is 41.0 Å². The van der Waals surface area contributed by atoms with Crippen molar-refractivity contribution in [3.8, 4) is 11.4 Å². The molecule has 1 aliphatic rings. The van der Waals surface area contributed by atoms with Crippen molar-refractivity contribution in [1.29, 1.82) is 0 Å². The quantitative estimate of drug-likeness (QED) is 0.294. The minimum atomic E-state index is -5.01. The van der Waals surface area contributed by atoms with E-state index < -0.39 is 45.9 Å². The van der Waals surface area contributed by atoms with Gasteiger partial charge >= 0.3 is 12.4 Å². The molecule has 0 radical (unpaired) electrons. The Kier molecular flexibility index (Phi) is 7.88. The molecule has 3 N–H and O–H groups in total. The predicted molar refractivity (Wildman–Crippen MR) is 104 cm³/mol. The summed E-state index contributed by atoms with van der Waals surface area (Å²) in [6.45, 7) is 2.20. The van der Waals surface area contributed by atoms with Crippen LogP contribution in [0.25, 0.3) is 17.6 Å². The predicted octanol–water partition coefficient (Wildman–Crippen LogP) is 0.662. The van der Waals surface area contributed by atoms with Gasteiger partial charge in [-0.1, -0.05) is 5.53 Å². The molecule has 0 saturated carbocycles. The molecule has 1 amide bonds. The molecule has 1 aromatic heterocycles. The van der Waals surface area contributed by atoms with Crippen molar-refractivity contribution in [2.24, 2.45) is 0 Å². The van der Waals surface area contributed by atoms with E-state index in [1.165, 1.54) is 0 Å². The first-order valence-corrected chi connectivity index (χ1v) is 9.70. The molecule has 1 atom stereocenters. The molecule has 34 heavy (non-hydrogen) atoms. The number of aromatic nitrogens is 3. The lowest BCUT2D eigenvalue weighted by atomic mass is 10.0. The van der Waals surface area contributed by atoms with Gasteiger partial charge in [0, 0.05) is 30.9 Å². The third-order valence-electron chi connectivity index (χ3n) is 4.53. The van der Waals surface area contributed by atoms with Gasteiger partial charge in [-0.2, -0.15) is 26.3 Å². The van der Waals surface area contributed by atoms with Crippen molar-refractivity contribution in [3.05, 3.63) is 46.9 Å². The second kappa shape index (κ2) is 10.5. The molecule has 2 aromatic rings. The van der Waals surface area contributed by atoms with Crippen LogP contribution < -0.4 is 16.1 Å². The number of nitrogens with zero attached hydrogens (tertiary/aromatic N) is 4. The first-order chi connectivity index (χ1) is 15.9. The maximum absolute atomic E-state index is 13.0. The molecule has 0 spiro atoms. The zero-order valence-corrected chi connectivity index (χ0v) is 17.3. The van der Waals surface area contributed by atoms with E-state index in [0.29, 0.717) is 38.4 Å². The number of hydrogen-bond donors (Lipinski definition) is 3. The van der Waals surface area contributed by atoms with E-state index >= 15 is 0 Å². The first kappa shape index (κ1) is 25.6. The molecule has 186 valence electrons. The van der Waals surface area contributed by atoms with Crippen molar-refractivity contribution >= 4 is 12.1 Å². The van der Waals surface area contributed by atoms with Crippen LogP contribution in [-0.2, 0) is 21.9 Å². The normalized spacial score (nSPS) is 16.7. The standard InChI is InChI=1S/C18H19F6N7O3/c19-17(20,21)13-7-12(8-14(9-13)18(22,23)24)16-25-10-30(27-16)2-1-15(32)26-28-31(33)11-29-3-5-34-6-4-29/h1-2,7-10,28,31H,3-6,11H2,(H,26,32)/b2-1-. The number of ether oxygens (including phenoxy) is 1. The number of hydrazine groups is 1. The number of hydrogen-bond acceptors (Lipinski definition) is 7. The summed E-state index contributed by atoms with van der Waals surface area (Å²) >= 11 is 0. The third kappa shape index (κ3) is 7.22. The molecule has 0 aliphatic carbocycles. The van der Waals surface area contributed by atoms with Gasteiger partial charge in [0.25, 0.3) is 5.91 Å². The van der Waals surface area contributed by atoms with E-state index in [2.05, 4.69) is 21.0 Å². The summed E-state index contributed by atoms with van der Waals surface area (Å²) in [5, 5.41) is 15.1. The fourth-order valence-corrected chi connectivity index (χ4v) is 2.88. The maximum Gasteiger partial charge on any atom is 0.416 e. The van der Waals surface area contributed by atoms with Gasteiger partial charge in [0.1, 0.15) is 6.33 Å². The largest absolute Gasteiger partial charge is 0.611 e. The van der Waals surface area contributed by atoms with Crippen LogP contribution in [0.5, 0.6) is 0 Å². The van der Waals surface area contributed by atoms with Crippen molar-refractivity contribution in [2.45, 2.75) is 12.4 Å². The molecule has 0 bridgehead atoms. The van der Waals surface area contributed by atoms with E-state index in [1.54, 1.807) is 0 Å². The highest BCUT2D eigenvalue weighted by Crippen LogP contribution is 2.38. The zero-order valence-electron chi connectivity index (χ0n) is 17.3. The molecular weight excluding hydrogens is 476 g/mol. The lowest BCUT2D eigenvalue weighted by molar-refractivity contribution is -0.911. The first-order valence-electron chi connectivity index (χ1n) is 9.70. The molecule has 10 nitrogen and oxygen atoms in total. The molecule has 16 heteroatoms. The van der Waals surface area contributed by atoms with Gasteiger partial charge in [0.2, 0.25) is 0 Å². The summed E-state index contributed by atoms with van der Waals surface area (Å²) < 4.78 is 84.2. The minimum absolute atomic E-state index is 0.00190. The summed E-state index contributed by atoms with van der Waals surface area (Å²) in [5.74, 6) is -1.17. The highest BCUT2D eigenvalue weighted by atomic mass is 19.4. The highest BCUT2D eigenvalue weighted by Gasteiger charge is 2.37. The minimum Gasteiger partial charge on any atom is -0.611 e. The Morgan fingerprint density at radius 3 is 2.32 bits per heavy atom. The number of alkyl halides is 6. The Morgan fingerprint density at radius 1 is 1.12 bits per heavy atom. The molecule has 2 heterocycles. The second-order valence-electron chi connectivity index (χ2n) is 7.08. The van der Waals surface area contributed by atoms with Crippen LogP contribution in [0, 0.1) is 5.21 Å². The average Bonchev–Trinajstić information content (AvgIpc) is 3.25. The Bertz CT molecular complexity index is 986. The lowest BCUT2D eigenvalue weighted by Crippen LogP contribution is -3.17. The molecule has 1 aliphatic heterocycles. The molecule has 1 aromatic carbocycles. The van der Waals surface area contributed by atoms with Crippen LogP contribution in [0.3, 0.4) is 0 Å². The molecule has 1 saturated heterocycles. The third-order valence-corrected chi connectivity index (χ3v) is 4.53. The Labute approximate surface area is 188 Å².